The molecule has 1 amide bonds. The Balaban J connectivity index is 1.17. The van der Waals surface area contributed by atoms with Gasteiger partial charge in [-0.15, -0.1) is 0 Å². The predicted molar refractivity (Wildman–Crippen MR) is 131 cm³/mol. The zero-order valence-electron chi connectivity index (χ0n) is 19.1. The molecule has 4 heterocycles. The summed E-state index contributed by atoms with van der Waals surface area (Å²) in [4.78, 5) is 29.3. The van der Waals surface area contributed by atoms with Crippen molar-refractivity contribution in [3.8, 4) is 0 Å². The molecule has 5 rings (SSSR count). The van der Waals surface area contributed by atoms with Crippen LogP contribution in [-0.4, -0.2) is 69.4 Å². The van der Waals surface area contributed by atoms with Gasteiger partial charge in [0.15, 0.2) is 0 Å². The normalized spacial score (nSPS) is 19.5. The van der Waals surface area contributed by atoms with Crippen molar-refractivity contribution in [2.75, 3.05) is 43.4 Å². The molecule has 8 heteroatoms. The summed E-state index contributed by atoms with van der Waals surface area (Å²) in [7, 11) is 0. The molecule has 0 unspecified atom stereocenters. The summed E-state index contributed by atoms with van der Waals surface area (Å²) in [5.74, 6) is 0.967. The van der Waals surface area contributed by atoms with Crippen LogP contribution in [0.3, 0.4) is 0 Å². The van der Waals surface area contributed by atoms with Gasteiger partial charge in [-0.3, -0.25) is 9.69 Å². The molecule has 2 aliphatic heterocycles. The Bertz CT molecular complexity index is 1080. The van der Waals surface area contributed by atoms with E-state index in [1.807, 2.05) is 23.2 Å². The van der Waals surface area contributed by atoms with Crippen LogP contribution in [0.5, 0.6) is 0 Å². The van der Waals surface area contributed by atoms with E-state index in [0.717, 1.165) is 61.6 Å². The van der Waals surface area contributed by atoms with Crippen LogP contribution in [0.2, 0.25) is 0 Å². The van der Waals surface area contributed by atoms with Gasteiger partial charge in [0.1, 0.15) is 17.8 Å². The number of para-hydroxylation sites is 1. The minimum absolute atomic E-state index is 0.142. The van der Waals surface area contributed by atoms with E-state index in [1.54, 1.807) is 6.33 Å². The largest absolute Gasteiger partial charge is 0.376 e. The van der Waals surface area contributed by atoms with Gasteiger partial charge >= 0.3 is 0 Å². The maximum absolute atomic E-state index is 13.0. The molecule has 1 atom stereocenters. The number of piperidine rings is 2. The number of fused-ring (bicyclic) bond motifs is 1. The first-order chi connectivity index (χ1) is 16.3. The van der Waals surface area contributed by atoms with Gasteiger partial charge in [-0.05, 0) is 56.5 Å². The summed E-state index contributed by atoms with van der Waals surface area (Å²) in [6.45, 7) is 5.08. The number of amides is 1. The quantitative estimate of drug-likeness (QED) is 0.514. The number of rotatable bonds is 7. The predicted octanol–water partition coefficient (Wildman–Crippen LogP) is 3.46. The molecule has 8 nitrogen and oxygen atoms in total. The molecule has 0 radical (unpaired) electrons. The van der Waals surface area contributed by atoms with Gasteiger partial charge in [0.05, 0.1) is 11.9 Å². The summed E-state index contributed by atoms with van der Waals surface area (Å²) in [6.07, 6.45) is 9.34. The highest BCUT2D eigenvalue weighted by Crippen LogP contribution is 2.22. The summed E-state index contributed by atoms with van der Waals surface area (Å²) in [5.41, 5.74) is 3.16. The van der Waals surface area contributed by atoms with Crippen LogP contribution in [-0.2, 0) is 11.3 Å². The molecule has 3 N–H and O–H groups in total. The number of likely N-dealkylation sites (tertiary alicyclic amines) is 2. The van der Waals surface area contributed by atoms with Crippen LogP contribution in [0, 0.1) is 0 Å². The van der Waals surface area contributed by atoms with Crippen molar-refractivity contribution in [1.82, 2.24) is 24.8 Å². The SMILES string of the molecule is O=C(CNc1ccccc1CN1CCCCC1)N1CCC[C@H](Nc2ncnc3[nH]ccc23)C1. The second-order valence-electron chi connectivity index (χ2n) is 9.13. The molecule has 0 spiro atoms. The lowest BCUT2D eigenvalue weighted by atomic mass is 10.1. The van der Waals surface area contributed by atoms with Crippen LogP contribution in [0.25, 0.3) is 11.0 Å². The van der Waals surface area contributed by atoms with Crippen LogP contribution in [0.1, 0.15) is 37.7 Å². The average Bonchev–Trinajstić information content (AvgIpc) is 3.34. The van der Waals surface area contributed by atoms with Crippen molar-refractivity contribution in [3.05, 3.63) is 48.4 Å². The Kier molecular flexibility index (Phi) is 6.71. The van der Waals surface area contributed by atoms with E-state index in [1.165, 1.54) is 24.8 Å². The van der Waals surface area contributed by atoms with Gasteiger partial charge in [-0.25, -0.2) is 9.97 Å². The first kappa shape index (κ1) is 21.7. The van der Waals surface area contributed by atoms with E-state index >= 15 is 0 Å². The number of aromatic nitrogens is 3. The van der Waals surface area contributed by atoms with Crippen molar-refractivity contribution in [2.45, 2.75) is 44.7 Å². The fourth-order valence-corrected chi connectivity index (χ4v) is 4.97. The van der Waals surface area contributed by atoms with Gasteiger partial charge in [0.2, 0.25) is 5.91 Å². The molecule has 2 aromatic heterocycles. The Morgan fingerprint density at radius 3 is 2.85 bits per heavy atom. The number of nitrogens with zero attached hydrogens (tertiary/aromatic N) is 4. The number of carbonyl (C=O) groups is 1. The lowest BCUT2D eigenvalue weighted by Gasteiger charge is -2.33. The van der Waals surface area contributed by atoms with Gasteiger partial charge in [-0.1, -0.05) is 24.6 Å². The molecule has 2 fully saturated rings. The van der Waals surface area contributed by atoms with Crippen LogP contribution in [0.15, 0.2) is 42.9 Å². The Hall–Kier alpha value is -3.13. The molecule has 174 valence electrons. The molecule has 1 aromatic carbocycles. The number of H-pyrrole nitrogens is 1. The third kappa shape index (κ3) is 5.27. The van der Waals surface area contributed by atoms with Crippen LogP contribution in [0.4, 0.5) is 11.5 Å². The summed E-state index contributed by atoms with van der Waals surface area (Å²) in [5, 5.41) is 7.93. The highest BCUT2D eigenvalue weighted by atomic mass is 16.2. The molecule has 0 saturated carbocycles. The Labute approximate surface area is 194 Å². The number of aromatic amines is 1. The van der Waals surface area contributed by atoms with Gasteiger partial charge < -0.3 is 20.5 Å². The number of benzene rings is 1. The Morgan fingerprint density at radius 2 is 1.94 bits per heavy atom. The number of carbonyl (C=O) groups excluding carboxylic acids is 1. The first-order valence-corrected chi connectivity index (χ1v) is 12.1. The van der Waals surface area contributed by atoms with Crippen molar-refractivity contribution in [1.29, 1.82) is 0 Å². The molecule has 0 aliphatic carbocycles. The van der Waals surface area contributed by atoms with Crippen LogP contribution < -0.4 is 10.6 Å². The second-order valence-corrected chi connectivity index (χ2v) is 9.13. The van der Waals surface area contributed by atoms with Crippen molar-refractivity contribution >= 4 is 28.4 Å². The number of anilines is 2. The van der Waals surface area contributed by atoms with E-state index in [-0.39, 0.29) is 11.9 Å². The molecule has 0 bridgehead atoms. The van der Waals surface area contributed by atoms with Gasteiger partial charge in [0.25, 0.3) is 0 Å². The molecular formula is C25H33N7O. The fourth-order valence-electron chi connectivity index (χ4n) is 4.97. The van der Waals surface area contributed by atoms with E-state index in [4.69, 9.17) is 0 Å². The molecule has 2 saturated heterocycles. The summed E-state index contributed by atoms with van der Waals surface area (Å²) < 4.78 is 0. The van der Waals surface area contributed by atoms with Gasteiger partial charge in [-0.2, -0.15) is 0 Å². The zero-order valence-corrected chi connectivity index (χ0v) is 19.1. The standard InChI is InChI=1S/C25H33N7O/c33-23(15-27-22-9-3-2-7-19(22)16-31-12-4-1-5-13-31)32-14-6-8-20(17-32)30-25-21-10-11-26-24(21)28-18-29-25/h2-3,7,9-11,18,20,27H,1,4-6,8,12-17H2,(H2,26,28,29,30)/t20-/m0/s1. The number of nitrogens with one attached hydrogen (secondary N) is 3. The third-order valence-electron chi connectivity index (χ3n) is 6.76. The zero-order chi connectivity index (χ0) is 22.5. The van der Waals surface area contributed by atoms with E-state index < -0.39 is 0 Å². The average molecular weight is 448 g/mol. The summed E-state index contributed by atoms with van der Waals surface area (Å²) in [6, 6.07) is 10.5. The van der Waals surface area contributed by atoms with E-state index in [0.29, 0.717) is 13.1 Å². The summed E-state index contributed by atoms with van der Waals surface area (Å²) >= 11 is 0. The maximum atomic E-state index is 13.0. The van der Waals surface area contributed by atoms with Crippen molar-refractivity contribution < 1.29 is 4.79 Å². The highest BCUT2D eigenvalue weighted by molar-refractivity contribution is 5.87. The molecular weight excluding hydrogens is 414 g/mol. The number of hydrogen-bond acceptors (Lipinski definition) is 6. The highest BCUT2D eigenvalue weighted by Gasteiger charge is 2.24. The van der Waals surface area contributed by atoms with Crippen LogP contribution >= 0.6 is 0 Å². The van der Waals surface area contributed by atoms with Gasteiger partial charge in [0, 0.05) is 37.6 Å². The first-order valence-electron chi connectivity index (χ1n) is 12.1. The monoisotopic (exact) mass is 447 g/mol. The molecule has 3 aromatic rings. The topological polar surface area (TPSA) is 89.2 Å². The molecule has 2 aliphatic rings. The minimum Gasteiger partial charge on any atom is -0.376 e. The number of hydrogen-bond donors (Lipinski definition) is 3. The van der Waals surface area contributed by atoms with E-state index in [2.05, 4.69) is 48.7 Å². The Morgan fingerprint density at radius 1 is 1.06 bits per heavy atom. The molecule has 33 heavy (non-hydrogen) atoms. The fraction of sp³-hybridized carbons (Fsp3) is 0.480. The van der Waals surface area contributed by atoms with E-state index in [9.17, 15) is 4.79 Å². The van der Waals surface area contributed by atoms with Crippen molar-refractivity contribution in [3.63, 3.8) is 0 Å². The maximum Gasteiger partial charge on any atom is 0.241 e. The minimum atomic E-state index is 0.142. The second kappa shape index (κ2) is 10.2. The third-order valence-corrected chi connectivity index (χ3v) is 6.76. The smallest absolute Gasteiger partial charge is 0.241 e. The lowest BCUT2D eigenvalue weighted by molar-refractivity contribution is -0.130. The van der Waals surface area contributed by atoms with Crippen molar-refractivity contribution in [2.24, 2.45) is 0 Å². The lowest BCUT2D eigenvalue weighted by Crippen LogP contribution is -2.47.